The van der Waals surface area contributed by atoms with Crippen LogP contribution in [0.5, 0.6) is 23.0 Å². The maximum atomic E-state index is 14.6. The van der Waals surface area contributed by atoms with Crippen LogP contribution in [0.2, 0.25) is 0 Å². The van der Waals surface area contributed by atoms with E-state index >= 15 is 0 Å². The lowest BCUT2D eigenvalue weighted by Crippen LogP contribution is -2.63. The molecule has 3 aliphatic rings. The summed E-state index contributed by atoms with van der Waals surface area (Å²) >= 11 is 0. The lowest BCUT2D eigenvalue weighted by Gasteiger charge is -2.46. The van der Waals surface area contributed by atoms with Crippen molar-refractivity contribution in [1.29, 1.82) is 0 Å². The highest BCUT2D eigenvalue weighted by atomic mass is 16.7. The van der Waals surface area contributed by atoms with Gasteiger partial charge in [0.2, 0.25) is 11.7 Å². The first kappa shape index (κ1) is 40.9. The molecule has 0 spiro atoms. The number of fused-ring (bicyclic) bond motifs is 1. The van der Waals surface area contributed by atoms with Gasteiger partial charge in [-0.25, -0.2) is 0 Å². The Kier molecular flexibility index (Phi) is 12.2. The number of phenolic OH excluding ortho intramolecular Hbond substituents is 2. The topological polar surface area (TPSA) is 349 Å². The highest BCUT2D eigenvalue weighted by Crippen LogP contribution is 2.43. The lowest BCUT2D eigenvalue weighted by molar-refractivity contribution is -0.342. The summed E-state index contributed by atoms with van der Waals surface area (Å²) in [6.07, 6.45) is -26.9. The average molecular weight is 787 g/mol. The average Bonchev–Trinajstić information content (AvgIpc) is 3.17. The van der Waals surface area contributed by atoms with E-state index in [0.29, 0.717) is 0 Å². The van der Waals surface area contributed by atoms with Crippen LogP contribution in [0.3, 0.4) is 0 Å². The molecule has 0 aliphatic carbocycles. The number of hydrogen-bond donors (Lipinski definition) is 13. The summed E-state index contributed by atoms with van der Waals surface area (Å²) in [7, 11) is 1.23. The summed E-state index contributed by atoms with van der Waals surface area (Å²) in [6, 6.07) is 5.69. The first-order valence-corrected chi connectivity index (χ1v) is 16.9. The maximum absolute atomic E-state index is 14.6. The Morgan fingerprint density at radius 3 is 1.82 bits per heavy atom. The Balaban J connectivity index is 1.51. The molecular weight excluding hydrogens is 744 g/mol. The molecule has 13 N–H and O–H groups in total. The molecule has 3 saturated heterocycles. The van der Waals surface area contributed by atoms with Crippen LogP contribution in [0.4, 0.5) is 0 Å². The molecule has 3 fully saturated rings. The van der Waals surface area contributed by atoms with Gasteiger partial charge in [-0.2, -0.15) is 0 Å². The lowest BCUT2D eigenvalue weighted by atomic mass is 9.88. The van der Waals surface area contributed by atoms with Crippen LogP contribution in [0.1, 0.15) is 11.7 Å². The summed E-state index contributed by atoms with van der Waals surface area (Å²) in [6.45, 7) is -2.53. The van der Waals surface area contributed by atoms with Gasteiger partial charge in [-0.1, -0.05) is 0 Å². The fourth-order valence-corrected chi connectivity index (χ4v) is 6.76. The molecule has 1 aromatic heterocycles. The van der Waals surface area contributed by atoms with Gasteiger partial charge in [0, 0.05) is 17.7 Å². The minimum absolute atomic E-state index is 0.000236. The number of aromatic hydroxyl groups is 2. The molecule has 21 nitrogen and oxygen atoms in total. The van der Waals surface area contributed by atoms with Gasteiger partial charge >= 0.3 is 0 Å². The predicted octanol–water partition coefficient (Wildman–Crippen LogP) is -4.60. The van der Waals surface area contributed by atoms with Crippen LogP contribution in [-0.2, 0) is 18.9 Å². The van der Waals surface area contributed by atoms with Crippen LogP contribution in [0, 0.1) is 0 Å². The molecule has 6 rings (SSSR count). The van der Waals surface area contributed by atoms with Gasteiger partial charge in [0.1, 0.15) is 108 Å². The normalized spacial score (nSPS) is 36.8. The molecule has 0 bridgehead atoms. The van der Waals surface area contributed by atoms with Crippen molar-refractivity contribution in [1.82, 2.24) is 0 Å². The van der Waals surface area contributed by atoms with Crippen molar-refractivity contribution in [2.45, 2.75) is 91.9 Å². The van der Waals surface area contributed by atoms with Crippen molar-refractivity contribution in [2.75, 3.05) is 26.9 Å². The van der Waals surface area contributed by atoms with E-state index in [1.165, 1.54) is 25.3 Å². The van der Waals surface area contributed by atoms with Crippen LogP contribution >= 0.6 is 0 Å². The molecule has 21 heteroatoms. The molecule has 0 amide bonds. The third-order valence-corrected chi connectivity index (χ3v) is 9.82. The standard InChI is InChI=1S/C34H42O21/c1-49-14-4-10(2-3-12(14)38)30-20(31-32(27(46)23(42)16(7-35)52-31)55-34-29(48)26(45)22(41)18(9-37)54-34)24(43)19-13(39)5-11(6-15(19)51-30)50-33-28(47)25(44)21(40)17(8-36)53-33/h2-6,16-18,21-23,25-29,31-42,44-48H,7-9H2,1H3. The highest BCUT2D eigenvalue weighted by molar-refractivity contribution is 5.87. The Labute approximate surface area is 309 Å². The van der Waals surface area contributed by atoms with Gasteiger partial charge in [-0.3, -0.25) is 4.79 Å². The van der Waals surface area contributed by atoms with Crippen molar-refractivity contribution in [3.8, 4) is 34.3 Å². The van der Waals surface area contributed by atoms with E-state index in [1.54, 1.807) is 0 Å². The van der Waals surface area contributed by atoms with E-state index in [0.717, 1.165) is 12.1 Å². The number of methoxy groups -OCH3 is 1. The van der Waals surface area contributed by atoms with E-state index < -0.39 is 145 Å². The monoisotopic (exact) mass is 786 g/mol. The summed E-state index contributed by atoms with van der Waals surface area (Å²) in [5, 5.41) is 135. The number of benzene rings is 2. The fraction of sp³-hybridized carbons (Fsp3) is 0.559. The first-order chi connectivity index (χ1) is 26.1. The number of aliphatic hydroxyl groups is 11. The van der Waals surface area contributed by atoms with Crippen molar-refractivity contribution in [3.63, 3.8) is 0 Å². The number of phenols is 2. The largest absolute Gasteiger partial charge is 0.507 e. The van der Waals surface area contributed by atoms with Crippen molar-refractivity contribution < 1.29 is 99.2 Å². The minimum atomic E-state index is -2.04. The molecule has 3 aliphatic heterocycles. The van der Waals surface area contributed by atoms with E-state index in [2.05, 4.69) is 0 Å². The van der Waals surface area contributed by atoms with Gasteiger partial charge in [0.25, 0.3) is 0 Å². The number of aliphatic hydroxyl groups excluding tert-OH is 11. The molecule has 55 heavy (non-hydrogen) atoms. The summed E-state index contributed by atoms with van der Waals surface area (Å²) in [5.41, 5.74) is -1.98. The van der Waals surface area contributed by atoms with Crippen molar-refractivity contribution in [3.05, 3.63) is 46.1 Å². The van der Waals surface area contributed by atoms with E-state index in [-0.39, 0.29) is 22.8 Å². The number of rotatable bonds is 10. The van der Waals surface area contributed by atoms with Crippen LogP contribution < -0.4 is 14.9 Å². The number of ether oxygens (including phenoxy) is 6. The molecular formula is C34H42O21. The molecule has 3 aromatic rings. The zero-order valence-corrected chi connectivity index (χ0v) is 28.7. The van der Waals surface area contributed by atoms with Gasteiger partial charge in [0.15, 0.2) is 17.8 Å². The Bertz CT molecular complexity index is 1870. The van der Waals surface area contributed by atoms with Crippen LogP contribution in [-0.4, -0.2) is 179 Å². The highest BCUT2D eigenvalue weighted by Gasteiger charge is 2.52. The maximum Gasteiger partial charge on any atom is 0.229 e. The first-order valence-electron chi connectivity index (χ1n) is 16.9. The van der Waals surface area contributed by atoms with Gasteiger partial charge in [-0.05, 0) is 18.2 Å². The molecule has 0 radical (unpaired) electrons. The van der Waals surface area contributed by atoms with E-state index in [9.17, 15) is 71.2 Å². The molecule has 15 unspecified atom stereocenters. The van der Waals surface area contributed by atoms with Gasteiger partial charge < -0.3 is 99.2 Å². The Morgan fingerprint density at radius 2 is 1.22 bits per heavy atom. The molecule has 304 valence electrons. The second-order valence-corrected chi connectivity index (χ2v) is 13.2. The molecule has 15 atom stereocenters. The Hall–Kier alpha value is -3.75. The third-order valence-electron chi connectivity index (χ3n) is 9.82. The predicted molar refractivity (Wildman–Crippen MR) is 178 cm³/mol. The SMILES string of the molecule is COc1cc(-c2oc3cc(OC4OC(CO)C(O)C(O)C4O)cc(O)c3c(=O)c2C2OC(CO)C(O)C(O)C2OC2OC(CO)C(O)C(O)C2O)ccc1O. The summed E-state index contributed by atoms with van der Waals surface area (Å²) < 4.78 is 39.6. The minimum Gasteiger partial charge on any atom is -0.507 e. The van der Waals surface area contributed by atoms with Crippen LogP contribution in [0.15, 0.2) is 39.5 Å². The van der Waals surface area contributed by atoms with Crippen LogP contribution in [0.25, 0.3) is 22.3 Å². The Morgan fingerprint density at radius 1 is 0.655 bits per heavy atom. The molecule has 0 saturated carbocycles. The zero-order chi connectivity index (χ0) is 40.0. The van der Waals surface area contributed by atoms with Gasteiger partial charge in [0.05, 0.1) is 32.5 Å². The smallest absolute Gasteiger partial charge is 0.229 e. The summed E-state index contributed by atoms with van der Waals surface area (Å²) in [4.78, 5) is 14.6. The second-order valence-electron chi connectivity index (χ2n) is 13.2. The van der Waals surface area contributed by atoms with Crippen molar-refractivity contribution >= 4 is 11.0 Å². The zero-order valence-electron chi connectivity index (χ0n) is 28.7. The van der Waals surface area contributed by atoms with Gasteiger partial charge in [-0.15, -0.1) is 0 Å². The fourth-order valence-electron chi connectivity index (χ4n) is 6.76. The van der Waals surface area contributed by atoms with Crippen molar-refractivity contribution in [2.24, 2.45) is 0 Å². The second kappa shape index (κ2) is 16.4. The number of hydrogen-bond acceptors (Lipinski definition) is 21. The van der Waals surface area contributed by atoms with E-state index in [1.807, 2.05) is 0 Å². The molecule has 2 aromatic carbocycles. The third kappa shape index (κ3) is 7.46. The van der Waals surface area contributed by atoms with E-state index in [4.69, 9.17) is 32.8 Å². The summed E-state index contributed by atoms with van der Waals surface area (Å²) in [5.74, 6) is -1.95. The quantitative estimate of drug-likeness (QED) is 0.0919. The molecule has 4 heterocycles.